The average molecular weight is 404 g/mol. The van der Waals surface area contributed by atoms with Crippen LogP contribution in [-0.4, -0.2) is 43.1 Å². The fraction of sp³-hybridized carbons (Fsp3) is 0.500. The molecule has 0 bridgehead atoms. The summed E-state index contributed by atoms with van der Waals surface area (Å²) < 4.78 is 5.60. The molecule has 1 atom stereocenters. The number of hydrogen-bond donors (Lipinski definition) is 2. The van der Waals surface area contributed by atoms with E-state index in [1.807, 2.05) is 0 Å². The summed E-state index contributed by atoms with van der Waals surface area (Å²) in [6.07, 6.45) is 11.8. The number of piperidine rings is 1. The molecule has 0 radical (unpaired) electrons. The number of carbonyl (C=O) groups is 1. The Bertz CT molecular complexity index is 727. The van der Waals surface area contributed by atoms with Crippen molar-refractivity contribution in [2.24, 2.45) is 5.92 Å². The molecule has 1 fully saturated rings. The molecule has 6 heteroatoms. The zero-order valence-electron chi connectivity index (χ0n) is 16.3. The second-order valence-corrected chi connectivity index (χ2v) is 8.08. The fourth-order valence-corrected chi connectivity index (χ4v) is 4.09. The number of carbonyl (C=O) groups excluding carboxylic acids is 1. The van der Waals surface area contributed by atoms with E-state index in [0.29, 0.717) is 28.6 Å². The van der Waals surface area contributed by atoms with Gasteiger partial charge < -0.3 is 20.7 Å². The van der Waals surface area contributed by atoms with Crippen LogP contribution < -0.4 is 15.8 Å². The second kappa shape index (κ2) is 9.99. The van der Waals surface area contributed by atoms with Gasteiger partial charge in [0.25, 0.3) is 5.91 Å². The highest BCUT2D eigenvalue weighted by atomic mass is 35.5. The van der Waals surface area contributed by atoms with E-state index in [4.69, 9.17) is 22.1 Å². The van der Waals surface area contributed by atoms with Gasteiger partial charge in [0.1, 0.15) is 12.4 Å². The number of nitrogen functional groups attached to an aromatic ring is 1. The molecular formula is C22H30ClN3O2. The van der Waals surface area contributed by atoms with Crippen molar-refractivity contribution in [3.63, 3.8) is 0 Å². The number of allylic oxidation sites excluding steroid dienone is 2. The summed E-state index contributed by atoms with van der Waals surface area (Å²) in [6.45, 7) is 7.15. The van der Waals surface area contributed by atoms with E-state index < -0.39 is 0 Å². The van der Waals surface area contributed by atoms with E-state index in [1.54, 1.807) is 18.2 Å². The van der Waals surface area contributed by atoms with Gasteiger partial charge in [0.2, 0.25) is 0 Å². The number of anilines is 1. The smallest absolute Gasteiger partial charge is 0.255 e. The highest BCUT2D eigenvalue weighted by molar-refractivity contribution is 6.33. The molecule has 0 aromatic heterocycles. The van der Waals surface area contributed by atoms with Gasteiger partial charge in [-0.05, 0) is 44.1 Å². The molecular weight excluding hydrogens is 374 g/mol. The number of rotatable bonds is 7. The molecule has 0 unspecified atom stereocenters. The maximum absolute atomic E-state index is 12.8. The van der Waals surface area contributed by atoms with E-state index in [2.05, 4.69) is 28.9 Å². The Labute approximate surface area is 172 Å². The summed E-state index contributed by atoms with van der Waals surface area (Å²) in [7, 11) is 0. The molecule has 5 nitrogen and oxygen atoms in total. The van der Waals surface area contributed by atoms with E-state index in [0.717, 1.165) is 38.4 Å². The Morgan fingerprint density at radius 2 is 2.11 bits per heavy atom. The Hall–Kier alpha value is -1.98. The predicted molar refractivity (Wildman–Crippen MR) is 115 cm³/mol. The van der Waals surface area contributed by atoms with Crippen LogP contribution in [0.4, 0.5) is 5.69 Å². The third kappa shape index (κ3) is 5.52. The summed E-state index contributed by atoms with van der Waals surface area (Å²) in [6, 6.07) is 3.34. The molecule has 0 saturated carbocycles. The van der Waals surface area contributed by atoms with Gasteiger partial charge in [-0.2, -0.15) is 0 Å². The molecule has 1 saturated heterocycles. The molecule has 28 heavy (non-hydrogen) atoms. The van der Waals surface area contributed by atoms with Gasteiger partial charge in [0.05, 0.1) is 16.3 Å². The van der Waals surface area contributed by atoms with Crippen LogP contribution in [0.15, 0.2) is 36.9 Å². The Morgan fingerprint density at radius 1 is 1.32 bits per heavy atom. The number of halogens is 1. The molecule has 1 heterocycles. The largest absolute Gasteiger partial charge is 0.489 e. The highest BCUT2D eigenvalue weighted by Gasteiger charge is 2.24. The van der Waals surface area contributed by atoms with Gasteiger partial charge in [-0.25, -0.2) is 0 Å². The van der Waals surface area contributed by atoms with Crippen LogP contribution in [0.25, 0.3) is 0 Å². The summed E-state index contributed by atoms with van der Waals surface area (Å²) in [5.74, 6) is 1.04. The Kier molecular flexibility index (Phi) is 7.40. The summed E-state index contributed by atoms with van der Waals surface area (Å²) in [5, 5.41) is 3.49. The first-order valence-corrected chi connectivity index (χ1v) is 10.5. The van der Waals surface area contributed by atoms with Crippen molar-refractivity contribution in [2.45, 2.75) is 38.1 Å². The SMILES string of the molecule is C=CCOc1cc(N)c(Cl)cc1C(=O)NC1CCN(C[C@@H]2CC=CCC2)CC1. The van der Waals surface area contributed by atoms with Gasteiger partial charge in [0.15, 0.2) is 0 Å². The van der Waals surface area contributed by atoms with Crippen molar-refractivity contribution in [2.75, 3.05) is 32.0 Å². The molecule has 1 aliphatic carbocycles. The summed E-state index contributed by atoms with van der Waals surface area (Å²) in [5.41, 5.74) is 6.66. The summed E-state index contributed by atoms with van der Waals surface area (Å²) in [4.78, 5) is 15.4. The molecule has 1 aromatic rings. The minimum absolute atomic E-state index is 0.165. The number of nitrogens with one attached hydrogen (secondary N) is 1. The van der Waals surface area contributed by atoms with Crippen LogP contribution >= 0.6 is 11.6 Å². The lowest BCUT2D eigenvalue weighted by molar-refractivity contribution is 0.0901. The standard InChI is InChI=1S/C22H30ClN3O2/c1-2-12-28-21-14-20(24)19(23)13-18(21)22(27)25-17-8-10-26(11-9-17)15-16-6-4-3-5-7-16/h2-4,13-14,16-17H,1,5-12,15,24H2,(H,25,27)/t16-/m1/s1. The first-order chi connectivity index (χ1) is 13.6. The van der Waals surface area contributed by atoms with Crippen LogP contribution in [0.5, 0.6) is 5.75 Å². The summed E-state index contributed by atoms with van der Waals surface area (Å²) >= 11 is 6.13. The first-order valence-electron chi connectivity index (χ1n) is 10.1. The molecule has 3 N–H and O–H groups in total. The second-order valence-electron chi connectivity index (χ2n) is 7.67. The number of nitrogens with two attached hydrogens (primary N) is 1. The molecule has 1 aliphatic heterocycles. The van der Waals surface area contributed by atoms with E-state index in [1.165, 1.54) is 19.3 Å². The third-order valence-corrected chi connectivity index (χ3v) is 5.84. The highest BCUT2D eigenvalue weighted by Crippen LogP contribution is 2.29. The number of ether oxygens (including phenoxy) is 1. The zero-order chi connectivity index (χ0) is 19.9. The maximum Gasteiger partial charge on any atom is 0.255 e. The number of amides is 1. The lowest BCUT2D eigenvalue weighted by Crippen LogP contribution is -2.45. The zero-order valence-corrected chi connectivity index (χ0v) is 17.1. The average Bonchev–Trinajstić information content (AvgIpc) is 2.70. The van der Waals surface area contributed by atoms with Crippen molar-refractivity contribution >= 4 is 23.2 Å². The van der Waals surface area contributed by atoms with Crippen molar-refractivity contribution in [1.29, 1.82) is 0 Å². The fourth-order valence-electron chi connectivity index (χ4n) is 3.92. The van der Waals surface area contributed by atoms with Gasteiger partial charge in [0, 0.05) is 31.7 Å². The predicted octanol–water partition coefficient (Wildman–Crippen LogP) is 4.04. The van der Waals surface area contributed by atoms with E-state index >= 15 is 0 Å². The maximum atomic E-state index is 12.8. The number of benzene rings is 1. The monoisotopic (exact) mass is 403 g/mol. The van der Waals surface area contributed by atoms with Crippen LogP contribution in [0.1, 0.15) is 42.5 Å². The minimum atomic E-state index is -0.170. The van der Waals surface area contributed by atoms with Crippen LogP contribution in [0.2, 0.25) is 5.02 Å². The Morgan fingerprint density at radius 3 is 2.79 bits per heavy atom. The van der Waals surface area contributed by atoms with Crippen LogP contribution in [0, 0.1) is 5.92 Å². The molecule has 1 amide bonds. The third-order valence-electron chi connectivity index (χ3n) is 5.52. The molecule has 2 aliphatic rings. The van der Waals surface area contributed by atoms with Gasteiger partial charge in [-0.15, -0.1) is 0 Å². The van der Waals surface area contributed by atoms with Gasteiger partial charge >= 0.3 is 0 Å². The molecule has 1 aromatic carbocycles. The lowest BCUT2D eigenvalue weighted by Gasteiger charge is -2.35. The van der Waals surface area contributed by atoms with Gasteiger partial charge in [-0.3, -0.25) is 4.79 Å². The van der Waals surface area contributed by atoms with Crippen LogP contribution in [0.3, 0.4) is 0 Å². The topological polar surface area (TPSA) is 67.6 Å². The van der Waals surface area contributed by atoms with Crippen molar-refractivity contribution in [3.05, 3.63) is 47.5 Å². The minimum Gasteiger partial charge on any atom is -0.489 e. The molecule has 0 spiro atoms. The number of nitrogens with zero attached hydrogens (tertiary/aromatic N) is 1. The van der Waals surface area contributed by atoms with E-state index in [-0.39, 0.29) is 11.9 Å². The number of likely N-dealkylation sites (tertiary alicyclic amines) is 1. The first kappa shape index (κ1) is 20.7. The van der Waals surface area contributed by atoms with Gasteiger partial charge in [-0.1, -0.05) is 36.4 Å². The molecule has 3 rings (SSSR count). The van der Waals surface area contributed by atoms with Crippen molar-refractivity contribution in [3.8, 4) is 5.75 Å². The normalized spacial score (nSPS) is 20.7. The lowest BCUT2D eigenvalue weighted by atomic mass is 9.93. The van der Waals surface area contributed by atoms with Crippen molar-refractivity contribution < 1.29 is 9.53 Å². The Balaban J connectivity index is 1.54. The number of hydrogen-bond acceptors (Lipinski definition) is 4. The van der Waals surface area contributed by atoms with E-state index in [9.17, 15) is 4.79 Å². The van der Waals surface area contributed by atoms with Crippen LogP contribution in [-0.2, 0) is 0 Å². The van der Waals surface area contributed by atoms with Crippen molar-refractivity contribution in [1.82, 2.24) is 10.2 Å². The quantitative estimate of drug-likeness (QED) is 0.532. The molecule has 152 valence electrons.